The van der Waals surface area contributed by atoms with Gasteiger partial charge in [0, 0.05) is 18.7 Å². The van der Waals surface area contributed by atoms with Crippen molar-refractivity contribution in [3.63, 3.8) is 0 Å². The molecule has 0 heterocycles. The minimum absolute atomic E-state index is 0.0272. The van der Waals surface area contributed by atoms with Gasteiger partial charge in [-0.25, -0.2) is 0 Å². The minimum atomic E-state index is -0.0272. The van der Waals surface area contributed by atoms with Gasteiger partial charge in [-0.3, -0.25) is 0 Å². The van der Waals surface area contributed by atoms with E-state index in [0.717, 1.165) is 11.3 Å². The van der Waals surface area contributed by atoms with E-state index < -0.39 is 0 Å². The van der Waals surface area contributed by atoms with Crippen LogP contribution in [0.15, 0.2) is 24.3 Å². The molecule has 0 aliphatic carbocycles. The molecule has 1 aromatic carbocycles. The van der Waals surface area contributed by atoms with Gasteiger partial charge >= 0.3 is 0 Å². The van der Waals surface area contributed by atoms with E-state index in [0.29, 0.717) is 26.4 Å². The lowest BCUT2D eigenvalue weighted by atomic mass is 10.1. The molecule has 0 fully saturated rings. The first-order valence-electron chi connectivity index (χ1n) is 5.79. The van der Waals surface area contributed by atoms with Gasteiger partial charge in [-0.2, -0.15) is 0 Å². The molecule has 4 nitrogen and oxygen atoms in total. The van der Waals surface area contributed by atoms with E-state index in [9.17, 15) is 0 Å². The molecule has 0 aromatic heterocycles. The predicted octanol–water partition coefficient (Wildman–Crippen LogP) is 1.75. The summed E-state index contributed by atoms with van der Waals surface area (Å²) in [6, 6.07) is 7.77. The van der Waals surface area contributed by atoms with E-state index in [1.165, 1.54) is 0 Å². The maximum atomic E-state index is 5.86. The highest BCUT2D eigenvalue weighted by Crippen LogP contribution is 2.22. The molecule has 0 aliphatic rings. The number of methoxy groups -OCH3 is 1. The van der Waals surface area contributed by atoms with Crippen LogP contribution >= 0.6 is 0 Å². The van der Waals surface area contributed by atoms with Gasteiger partial charge in [-0.1, -0.05) is 18.2 Å². The first kappa shape index (κ1) is 14.0. The maximum absolute atomic E-state index is 5.86. The van der Waals surface area contributed by atoms with Crippen molar-refractivity contribution >= 4 is 0 Å². The summed E-state index contributed by atoms with van der Waals surface area (Å²) in [6.07, 6.45) is 0. The van der Waals surface area contributed by atoms with Crippen molar-refractivity contribution in [3.8, 4) is 5.75 Å². The lowest BCUT2D eigenvalue weighted by Crippen LogP contribution is -2.12. The second-order valence-corrected chi connectivity index (χ2v) is 3.78. The van der Waals surface area contributed by atoms with Gasteiger partial charge in [0.1, 0.15) is 12.4 Å². The number of nitrogens with two attached hydrogens (primary N) is 1. The van der Waals surface area contributed by atoms with Crippen LogP contribution in [0, 0.1) is 0 Å². The van der Waals surface area contributed by atoms with Gasteiger partial charge in [-0.05, 0) is 13.0 Å². The van der Waals surface area contributed by atoms with Crippen LogP contribution in [0.4, 0.5) is 0 Å². The molecule has 4 heteroatoms. The van der Waals surface area contributed by atoms with E-state index in [4.69, 9.17) is 19.9 Å². The van der Waals surface area contributed by atoms with Gasteiger partial charge in [0.2, 0.25) is 0 Å². The minimum Gasteiger partial charge on any atom is -0.491 e. The Balaban J connectivity index is 2.31. The molecule has 0 bridgehead atoms. The fourth-order valence-corrected chi connectivity index (χ4v) is 1.44. The van der Waals surface area contributed by atoms with Crippen molar-refractivity contribution in [1.82, 2.24) is 0 Å². The van der Waals surface area contributed by atoms with Crippen LogP contribution in [-0.4, -0.2) is 33.5 Å². The Morgan fingerprint density at radius 1 is 1.12 bits per heavy atom. The Morgan fingerprint density at radius 3 is 2.53 bits per heavy atom. The third-order valence-corrected chi connectivity index (χ3v) is 2.33. The van der Waals surface area contributed by atoms with E-state index in [2.05, 4.69) is 0 Å². The highest BCUT2D eigenvalue weighted by atomic mass is 16.5. The van der Waals surface area contributed by atoms with Crippen molar-refractivity contribution in [3.05, 3.63) is 29.8 Å². The average molecular weight is 239 g/mol. The largest absolute Gasteiger partial charge is 0.491 e. The molecule has 0 aliphatic heterocycles. The summed E-state index contributed by atoms with van der Waals surface area (Å²) in [6.45, 7) is 4.21. The summed E-state index contributed by atoms with van der Waals surface area (Å²) in [4.78, 5) is 0. The fraction of sp³-hybridized carbons (Fsp3) is 0.538. The molecule has 1 unspecified atom stereocenters. The van der Waals surface area contributed by atoms with Gasteiger partial charge in [0.15, 0.2) is 0 Å². The smallest absolute Gasteiger partial charge is 0.124 e. The number of para-hydroxylation sites is 1. The van der Waals surface area contributed by atoms with Gasteiger partial charge in [0.05, 0.1) is 19.8 Å². The Hall–Kier alpha value is -1.10. The van der Waals surface area contributed by atoms with Crippen LogP contribution in [0.25, 0.3) is 0 Å². The second-order valence-electron chi connectivity index (χ2n) is 3.78. The predicted molar refractivity (Wildman–Crippen MR) is 67.2 cm³/mol. The molecule has 96 valence electrons. The molecule has 17 heavy (non-hydrogen) atoms. The van der Waals surface area contributed by atoms with Crippen molar-refractivity contribution in [2.45, 2.75) is 13.0 Å². The van der Waals surface area contributed by atoms with E-state index in [-0.39, 0.29) is 6.04 Å². The maximum Gasteiger partial charge on any atom is 0.124 e. The van der Waals surface area contributed by atoms with Gasteiger partial charge in [-0.15, -0.1) is 0 Å². The molecular formula is C13H21NO3. The molecule has 1 atom stereocenters. The van der Waals surface area contributed by atoms with Gasteiger partial charge in [0.25, 0.3) is 0 Å². The van der Waals surface area contributed by atoms with Crippen LogP contribution in [0.5, 0.6) is 5.75 Å². The Labute approximate surface area is 103 Å². The van der Waals surface area contributed by atoms with E-state index >= 15 is 0 Å². The first-order chi connectivity index (χ1) is 8.25. The monoisotopic (exact) mass is 239 g/mol. The molecule has 2 N–H and O–H groups in total. The standard InChI is InChI=1S/C13H21NO3/c1-11(14)12-5-3-4-6-13(12)17-10-9-16-8-7-15-2/h3-6,11H,7-10,14H2,1-2H3. The SMILES string of the molecule is COCCOCCOc1ccccc1C(C)N. The zero-order chi connectivity index (χ0) is 12.5. The fourth-order valence-electron chi connectivity index (χ4n) is 1.44. The van der Waals surface area contributed by atoms with Crippen molar-refractivity contribution in [2.24, 2.45) is 5.73 Å². The quantitative estimate of drug-likeness (QED) is 0.702. The Bertz CT molecular complexity index is 315. The lowest BCUT2D eigenvalue weighted by Gasteiger charge is -2.13. The third kappa shape index (κ3) is 5.17. The number of benzene rings is 1. The molecule has 0 spiro atoms. The van der Waals surface area contributed by atoms with Gasteiger partial charge < -0.3 is 19.9 Å². The summed E-state index contributed by atoms with van der Waals surface area (Å²) in [5.74, 6) is 0.831. The number of ether oxygens (including phenoxy) is 3. The molecular weight excluding hydrogens is 218 g/mol. The summed E-state index contributed by atoms with van der Waals surface area (Å²) in [7, 11) is 1.65. The van der Waals surface area contributed by atoms with Crippen LogP contribution < -0.4 is 10.5 Å². The molecule has 1 aromatic rings. The lowest BCUT2D eigenvalue weighted by molar-refractivity contribution is 0.0542. The molecule has 1 rings (SSSR count). The van der Waals surface area contributed by atoms with Crippen molar-refractivity contribution in [2.75, 3.05) is 33.5 Å². The highest BCUT2D eigenvalue weighted by molar-refractivity contribution is 5.35. The molecule has 0 saturated heterocycles. The van der Waals surface area contributed by atoms with Crippen molar-refractivity contribution < 1.29 is 14.2 Å². The van der Waals surface area contributed by atoms with E-state index in [1.54, 1.807) is 7.11 Å². The average Bonchev–Trinajstić information content (AvgIpc) is 2.34. The zero-order valence-electron chi connectivity index (χ0n) is 10.5. The normalized spacial score (nSPS) is 12.4. The van der Waals surface area contributed by atoms with Crippen LogP contribution in [0.3, 0.4) is 0 Å². The van der Waals surface area contributed by atoms with Crippen LogP contribution in [0.1, 0.15) is 18.5 Å². The van der Waals surface area contributed by atoms with Crippen LogP contribution in [-0.2, 0) is 9.47 Å². The summed E-state index contributed by atoms with van der Waals surface area (Å²) in [5, 5.41) is 0. The van der Waals surface area contributed by atoms with Crippen LogP contribution in [0.2, 0.25) is 0 Å². The topological polar surface area (TPSA) is 53.7 Å². The number of hydrogen-bond acceptors (Lipinski definition) is 4. The molecule has 0 amide bonds. The highest BCUT2D eigenvalue weighted by Gasteiger charge is 2.06. The second kappa shape index (κ2) is 8.06. The first-order valence-corrected chi connectivity index (χ1v) is 5.79. The Morgan fingerprint density at radius 2 is 1.82 bits per heavy atom. The molecule has 0 radical (unpaired) electrons. The Kier molecular flexibility index (Phi) is 6.62. The number of hydrogen-bond donors (Lipinski definition) is 1. The number of rotatable bonds is 8. The third-order valence-electron chi connectivity index (χ3n) is 2.33. The molecule has 0 saturated carbocycles. The zero-order valence-corrected chi connectivity index (χ0v) is 10.5. The summed E-state index contributed by atoms with van der Waals surface area (Å²) < 4.78 is 15.8. The van der Waals surface area contributed by atoms with Crippen molar-refractivity contribution in [1.29, 1.82) is 0 Å². The van der Waals surface area contributed by atoms with E-state index in [1.807, 2.05) is 31.2 Å². The summed E-state index contributed by atoms with van der Waals surface area (Å²) >= 11 is 0. The summed E-state index contributed by atoms with van der Waals surface area (Å²) in [5.41, 5.74) is 6.87.